The highest BCUT2D eigenvalue weighted by Gasteiger charge is 2.38. The quantitative estimate of drug-likeness (QED) is 0.768. The second kappa shape index (κ2) is 6.87. The van der Waals surface area contributed by atoms with Crippen LogP contribution in [0.5, 0.6) is 0 Å². The molecule has 2 N–H and O–H groups in total. The fourth-order valence-electron chi connectivity index (χ4n) is 3.34. The van der Waals surface area contributed by atoms with Gasteiger partial charge in [-0.1, -0.05) is 0 Å². The average molecular weight is 283 g/mol. The minimum Gasteiger partial charge on any atom is -0.380 e. The molecular formula is C15H29N3O2. The van der Waals surface area contributed by atoms with Crippen LogP contribution in [0, 0.1) is 0 Å². The second-order valence-corrected chi connectivity index (χ2v) is 6.53. The summed E-state index contributed by atoms with van der Waals surface area (Å²) in [7, 11) is 4.28. The van der Waals surface area contributed by atoms with Gasteiger partial charge in [0.05, 0.1) is 0 Å². The van der Waals surface area contributed by atoms with E-state index >= 15 is 0 Å². The van der Waals surface area contributed by atoms with Crippen LogP contribution in [-0.4, -0.2) is 72.7 Å². The van der Waals surface area contributed by atoms with Crippen LogP contribution in [0.4, 0.5) is 0 Å². The molecule has 0 radical (unpaired) electrons. The van der Waals surface area contributed by atoms with Crippen molar-refractivity contribution >= 4 is 5.91 Å². The lowest BCUT2D eigenvalue weighted by molar-refractivity contribution is -0.139. The van der Waals surface area contributed by atoms with Gasteiger partial charge in [-0.05, 0) is 65.7 Å². The number of hydrogen-bond donors (Lipinski definition) is 2. The molecule has 0 bridgehead atoms. The van der Waals surface area contributed by atoms with E-state index in [1.54, 1.807) is 0 Å². The van der Waals surface area contributed by atoms with Crippen molar-refractivity contribution in [1.82, 2.24) is 15.1 Å². The molecule has 0 unspecified atom stereocenters. The van der Waals surface area contributed by atoms with Crippen molar-refractivity contribution < 1.29 is 9.90 Å². The lowest BCUT2D eigenvalue weighted by Gasteiger charge is -2.35. The first-order valence-electron chi connectivity index (χ1n) is 7.91. The summed E-state index contributed by atoms with van der Waals surface area (Å²) in [6.07, 6.45) is 5.56. The maximum atomic E-state index is 12.0. The minimum atomic E-state index is -1.09. The van der Waals surface area contributed by atoms with E-state index in [4.69, 9.17) is 0 Å². The SMILES string of the molecule is CN(C)C1CCN(CCNC(=O)C2(O)CCCC2)CC1. The van der Waals surface area contributed by atoms with E-state index in [2.05, 4.69) is 29.2 Å². The van der Waals surface area contributed by atoms with Crippen LogP contribution in [0.25, 0.3) is 0 Å². The van der Waals surface area contributed by atoms with Crippen LogP contribution < -0.4 is 5.32 Å². The Bertz CT molecular complexity index is 319. The van der Waals surface area contributed by atoms with Gasteiger partial charge in [0.2, 0.25) is 0 Å². The van der Waals surface area contributed by atoms with Crippen LogP contribution in [0.3, 0.4) is 0 Å². The summed E-state index contributed by atoms with van der Waals surface area (Å²) in [5.74, 6) is -0.168. The van der Waals surface area contributed by atoms with Gasteiger partial charge in [-0.15, -0.1) is 0 Å². The summed E-state index contributed by atoms with van der Waals surface area (Å²) in [6.45, 7) is 3.74. The Hall–Kier alpha value is -0.650. The number of nitrogens with zero attached hydrogens (tertiary/aromatic N) is 2. The molecule has 1 amide bonds. The smallest absolute Gasteiger partial charge is 0.252 e. The average Bonchev–Trinajstić information content (AvgIpc) is 2.87. The fourth-order valence-corrected chi connectivity index (χ4v) is 3.34. The van der Waals surface area contributed by atoms with E-state index < -0.39 is 5.60 Å². The monoisotopic (exact) mass is 283 g/mol. The van der Waals surface area contributed by atoms with Gasteiger partial charge in [0.25, 0.3) is 5.91 Å². The minimum absolute atomic E-state index is 0.168. The Morgan fingerprint density at radius 3 is 2.45 bits per heavy atom. The van der Waals surface area contributed by atoms with E-state index in [-0.39, 0.29) is 5.91 Å². The van der Waals surface area contributed by atoms with Crippen molar-refractivity contribution in [3.05, 3.63) is 0 Å². The molecule has 2 rings (SSSR count). The molecule has 1 heterocycles. The van der Waals surface area contributed by atoms with Crippen molar-refractivity contribution in [3.63, 3.8) is 0 Å². The van der Waals surface area contributed by atoms with Gasteiger partial charge in [0, 0.05) is 19.1 Å². The molecule has 2 fully saturated rings. The Kier molecular flexibility index (Phi) is 5.41. The molecule has 5 nitrogen and oxygen atoms in total. The molecular weight excluding hydrogens is 254 g/mol. The number of carbonyl (C=O) groups is 1. The maximum Gasteiger partial charge on any atom is 0.252 e. The Morgan fingerprint density at radius 2 is 1.90 bits per heavy atom. The third-order valence-electron chi connectivity index (χ3n) is 4.85. The van der Waals surface area contributed by atoms with Crippen LogP contribution in [0.15, 0.2) is 0 Å². The predicted octanol–water partition coefficient (Wildman–Crippen LogP) is 0.434. The van der Waals surface area contributed by atoms with Crippen molar-refractivity contribution in [1.29, 1.82) is 0 Å². The van der Waals surface area contributed by atoms with Gasteiger partial charge in [0.1, 0.15) is 5.60 Å². The number of aliphatic hydroxyl groups is 1. The summed E-state index contributed by atoms with van der Waals surface area (Å²) in [5, 5.41) is 13.1. The van der Waals surface area contributed by atoms with E-state index in [1.807, 2.05) is 0 Å². The molecule has 116 valence electrons. The van der Waals surface area contributed by atoms with Crippen molar-refractivity contribution in [2.24, 2.45) is 0 Å². The first-order valence-corrected chi connectivity index (χ1v) is 7.91. The standard InChI is InChI=1S/C15H29N3O2/c1-17(2)13-5-10-18(11-6-13)12-9-16-14(19)15(20)7-3-4-8-15/h13,20H,3-12H2,1-2H3,(H,16,19). The van der Waals surface area contributed by atoms with Crippen molar-refractivity contribution in [3.8, 4) is 0 Å². The van der Waals surface area contributed by atoms with Crippen LogP contribution in [-0.2, 0) is 4.79 Å². The highest BCUT2D eigenvalue weighted by Crippen LogP contribution is 2.29. The Balaban J connectivity index is 1.63. The number of piperidine rings is 1. The van der Waals surface area contributed by atoms with Crippen molar-refractivity contribution in [2.75, 3.05) is 40.3 Å². The summed E-state index contributed by atoms with van der Waals surface area (Å²) in [4.78, 5) is 16.7. The van der Waals surface area contributed by atoms with Gasteiger partial charge >= 0.3 is 0 Å². The van der Waals surface area contributed by atoms with E-state index in [0.29, 0.717) is 25.4 Å². The third-order valence-corrected chi connectivity index (χ3v) is 4.85. The van der Waals surface area contributed by atoms with Gasteiger partial charge in [0.15, 0.2) is 0 Å². The molecule has 0 spiro atoms. The number of carbonyl (C=O) groups excluding carboxylic acids is 1. The summed E-state index contributed by atoms with van der Waals surface area (Å²) in [6, 6.07) is 0.694. The van der Waals surface area contributed by atoms with E-state index in [9.17, 15) is 9.90 Å². The number of amides is 1. The van der Waals surface area contributed by atoms with Gasteiger partial charge in [-0.25, -0.2) is 0 Å². The van der Waals surface area contributed by atoms with E-state index in [0.717, 1.165) is 32.5 Å². The molecule has 0 aromatic rings. The molecule has 1 aliphatic heterocycles. The molecule has 2 aliphatic rings. The van der Waals surface area contributed by atoms with Crippen LogP contribution in [0.2, 0.25) is 0 Å². The zero-order chi connectivity index (χ0) is 14.6. The predicted molar refractivity (Wildman–Crippen MR) is 79.6 cm³/mol. The number of hydrogen-bond acceptors (Lipinski definition) is 4. The van der Waals surface area contributed by atoms with Crippen LogP contribution in [0.1, 0.15) is 38.5 Å². The summed E-state index contributed by atoms with van der Waals surface area (Å²) >= 11 is 0. The van der Waals surface area contributed by atoms with Crippen molar-refractivity contribution in [2.45, 2.75) is 50.2 Å². The highest BCUT2D eigenvalue weighted by atomic mass is 16.3. The zero-order valence-corrected chi connectivity index (χ0v) is 12.9. The second-order valence-electron chi connectivity index (χ2n) is 6.53. The molecule has 1 saturated carbocycles. The lowest BCUT2D eigenvalue weighted by Crippen LogP contribution is -2.48. The highest BCUT2D eigenvalue weighted by molar-refractivity contribution is 5.85. The number of rotatable bonds is 5. The molecule has 0 aromatic heterocycles. The Labute approximate surface area is 122 Å². The molecule has 1 saturated heterocycles. The lowest BCUT2D eigenvalue weighted by atomic mass is 10.0. The molecule has 5 heteroatoms. The summed E-state index contributed by atoms with van der Waals surface area (Å²) < 4.78 is 0. The topological polar surface area (TPSA) is 55.8 Å². The molecule has 0 atom stereocenters. The molecule has 20 heavy (non-hydrogen) atoms. The summed E-state index contributed by atoms with van der Waals surface area (Å²) in [5.41, 5.74) is -1.09. The molecule has 0 aromatic carbocycles. The van der Waals surface area contributed by atoms with Gasteiger partial charge < -0.3 is 20.2 Å². The number of nitrogens with one attached hydrogen (secondary N) is 1. The largest absolute Gasteiger partial charge is 0.380 e. The fraction of sp³-hybridized carbons (Fsp3) is 0.933. The first kappa shape index (κ1) is 15.7. The Morgan fingerprint density at radius 1 is 1.30 bits per heavy atom. The van der Waals surface area contributed by atoms with Gasteiger partial charge in [-0.2, -0.15) is 0 Å². The zero-order valence-electron chi connectivity index (χ0n) is 12.9. The third kappa shape index (κ3) is 3.93. The normalized spacial score (nSPS) is 24.2. The molecule has 1 aliphatic carbocycles. The maximum absolute atomic E-state index is 12.0. The number of likely N-dealkylation sites (tertiary alicyclic amines) is 1. The first-order chi connectivity index (χ1) is 9.51. The van der Waals surface area contributed by atoms with E-state index in [1.165, 1.54) is 12.8 Å². The van der Waals surface area contributed by atoms with Gasteiger partial charge in [-0.3, -0.25) is 4.79 Å². The van der Waals surface area contributed by atoms with Crippen LogP contribution >= 0.6 is 0 Å².